The molecule has 108 valence electrons. The van der Waals surface area contributed by atoms with E-state index in [2.05, 4.69) is 22.4 Å². The van der Waals surface area contributed by atoms with E-state index >= 15 is 0 Å². The molecule has 0 spiro atoms. The van der Waals surface area contributed by atoms with Gasteiger partial charge in [0, 0.05) is 18.7 Å². The first kappa shape index (κ1) is 14.9. The summed E-state index contributed by atoms with van der Waals surface area (Å²) in [5, 5.41) is 13.2. The first-order chi connectivity index (χ1) is 9.69. The number of rotatable bonds is 7. The summed E-state index contributed by atoms with van der Waals surface area (Å²) in [6.45, 7) is 4.24. The Bertz CT molecular complexity index is 543. The van der Waals surface area contributed by atoms with E-state index in [9.17, 15) is 4.39 Å². The number of nitrogens with one attached hydrogen (secondary N) is 1. The Balaban J connectivity index is 1.89. The zero-order valence-electron chi connectivity index (χ0n) is 11.8. The van der Waals surface area contributed by atoms with E-state index in [-0.39, 0.29) is 5.82 Å². The quantitative estimate of drug-likeness (QED) is 0.852. The molecule has 0 saturated carbocycles. The summed E-state index contributed by atoms with van der Waals surface area (Å²) < 4.78 is 13.6. The minimum absolute atomic E-state index is 0.165. The molecule has 20 heavy (non-hydrogen) atoms. The van der Waals surface area contributed by atoms with Gasteiger partial charge in [0.2, 0.25) is 5.13 Å². The predicted octanol–water partition coefficient (Wildman–Crippen LogP) is 3.13. The molecule has 0 atom stereocenters. The van der Waals surface area contributed by atoms with Crippen LogP contribution in [-0.4, -0.2) is 28.7 Å². The molecule has 0 aliphatic heterocycles. The van der Waals surface area contributed by atoms with E-state index in [1.807, 2.05) is 18.0 Å². The van der Waals surface area contributed by atoms with Gasteiger partial charge in [0.05, 0.1) is 6.54 Å². The van der Waals surface area contributed by atoms with Crippen LogP contribution in [0.15, 0.2) is 24.3 Å². The van der Waals surface area contributed by atoms with Crippen LogP contribution in [0.2, 0.25) is 0 Å². The van der Waals surface area contributed by atoms with Crippen LogP contribution >= 0.6 is 11.3 Å². The Labute approximate surface area is 122 Å². The molecule has 6 heteroatoms. The second kappa shape index (κ2) is 7.31. The highest BCUT2D eigenvalue weighted by Gasteiger charge is 2.09. The number of benzene rings is 1. The minimum atomic E-state index is -0.165. The van der Waals surface area contributed by atoms with E-state index in [4.69, 9.17) is 0 Å². The van der Waals surface area contributed by atoms with Gasteiger partial charge < -0.3 is 5.32 Å². The average molecular weight is 294 g/mol. The van der Waals surface area contributed by atoms with Gasteiger partial charge in [-0.15, -0.1) is 10.2 Å². The highest BCUT2D eigenvalue weighted by Crippen LogP contribution is 2.17. The third-order valence-corrected chi connectivity index (χ3v) is 3.66. The van der Waals surface area contributed by atoms with Gasteiger partial charge in [-0.25, -0.2) is 4.39 Å². The Morgan fingerprint density at radius 1 is 1.25 bits per heavy atom. The highest BCUT2D eigenvalue weighted by molar-refractivity contribution is 7.15. The van der Waals surface area contributed by atoms with Crippen LogP contribution in [-0.2, 0) is 13.1 Å². The van der Waals surface area contributed by atoms with E-state index in [0.29, 0.717) is 18.7 Å². The molecule has 1 aromatic heterocycles. The molecule has 0 bridgehead atoms. The number of halogens is 1. The molecule has 0 saturated heterocycles. The fraction of sp³-hybridized carbons (Fsp3) is 0.429. The topological polar surface area (TPSA) is 41.1 Å². The number of hydrogen-bond acceptors (Lipinski definition) is 5. The number of anilines is 1. The Morgan fingerprint density at radius 2 is 2.05 bits per heavy atom. The summed E-state index contributed by atoms with van der Waals surface area (Å²) in [5.74, 6) is -0.165. The van der Waals surface area contributed by atoms with Crippen LogP contribution in [0.4, 0.5) is 9.52 Å². The highest BCUT2D eigenvalue weighted by atomic mass is 32.1. The van der Waals surface area contributed by atoms with Crippen molar-refractivity contribution in [3.8, 4) is 0 Å². The minimum Gasteiger partial charge on any atom is -0.360 e. The summed E-state index contributed by atoms with van der Waals surface area (Å²) in [4.78, 5) is 2.03. The molecular formula is C14H19FN4S. The standard InChI is InChI=1S/C14H19FN4S/c1-3-8-16-14-18-17-13(20-14)10-19(2)9-11-6-4-5-7-12(11)15/h4-7H,3,8-10H2,1-2H3,(H,16,18). The van der Waals surface area contributed by atoms with Crippen molar-refractivity contribution >= 4 is 16.5 Å². The van der Waals surface area contributed by atoms with Crippen LogP contribution in [0.1, 0.15) is 23.9 Å². The SMILES string of the molecule is CCCNc1nnc(CN(C)Cc2ccccc2F)s1. The largest absolute Gasteiger partial charge is 0.360 e. The fourth-order valence-electron chi connectivity index (χ4n) is 1.83. The van der Waals surface area contributed by atoms with Gasteiger partial charge >= 0.3 is 0 Å². The van der Waals surface area contributed by atoms with Crippen molar-refractivity contribution in [3.63, 3.8) is 0 Å². The third-order valence-electron chi connectivity index (χ3n) is 2.80. The van der Waals surface area contributed by atoms with Gasteiger partial charge in [-0.3, -0.25) is 4.90 Å². The zero-order valence-corrected chi connectivity index (χ0v) is 12.6. The predicted molar refractivity (Wildman–Crippen MR) is 80.3 cm³/mol. The maximum atomic E-state index is 13.6. The first-order valence-corrected chi connectivity index (χ1v) is 7.49. The molecule has 0 aliphatic rings. The van der Waals surface area contributed by atoms with Gasteiger partial charge in [0.15, 0.2) is 0 Å². The summed E-state index contributed by atoms with van der Waals surface area (Å²) in [6.07, 6.45) is 1.06. The number of hydrogen-bond donors (Lipinski definition) is 1. The molecule has 4 nitrogen and oxygen atoms in total. The van der Waals surface area contributed by atoms with Crippen LogP contribution < -0.4 is 5.32 Å². The molecule has 1 aromatic carbocycles. The van der Waals surface area contributed by atoms with E-state index < -0.39 is 0 Å². The van der Waals surface area contributed by atoms with Crippen molar-refractivity contribution in [1.82, 2.24) is 15.1 Å². The molecule has 0 unspecified atom stereocenters. The van der Waals surface area contributed by atoms with E-state index in [0.717, 1.165) is 23.1 Å². The summed E-state index contributed by atoms with van der Waals surface area (Å²) in [5.41, 5.74) is 0.698. The third kappa shape index (κ3) is 4.25. The maximum Gasteiger partial charge on any atom is 0.205 e. The van der Waals surface area contributed by atoms with Crippen molar-refractivity contribution in [2.45, 2.75) is 26.4 Å². The van der Waals surface area contributed by atoms with Crippen LogP contribution in [0.5, 0.6) is 0 Å². The van der Waals surface area contributed by atoms with Gasteiger partial charge in [-0.2, -0.15) is 0 Å². The van der Waals surface area contributed by atoms with Crippen molar-refractivity contribution in [2.24, 2.45) is 0 Å². The van der Waals surface area contributed by atoms with Gasteiger partial charge in [0.25, 0.3) is 0 Å². The summed E-state index contributed by atoms with van der Waals surface area (Å²) in [7, 11) is 1.95. The normalized spacial score (nSPS) is 11.0. The molecule has 0 fully saturated rings. The maximum absolute atomic E-state index is 13.6. The Hall–Kier alpha value is -1.53. The lowest BCUT2D eigenvalue weighted by molar-refractivity contribution is 0.312. The van der Waals surface area contributed by atoms with E-state index in [1.54, 1.807) is 23.5 Å². The van der Waals surface area contributed by atoms with Gasteiger partial charge in [-0.1, -0.05) is 36.5 Å². The lowest BCUT2D eigenvalue weighted by atomic mass is 10.2. The number of aromatic nitrogens is 2. The molecule has 0 radical (unpaired) electrons. The van der Waals surface area contributed by atoms with Crippen molar-refractivity contribution in [3.05, 3.63) is 40.7 Å². The lowest BCUT2D eigenvalue weighted by Gasteiger charge is -2.15. The first-order valence-electron chi connectivity index (χ1n) is 6.67. The molecule has 2 aromatic rings. The van der Waals surface area contributed by atoms with Crippen LogP contribution in [0.25, 0.3) is 0 Å². The summed E-state index contributed by atoms with van der Waals surface area (Å²) >= 11 is 1.55. The molecule has 0 amide bonds. The van der Waals surface area contributed by atoms with Gasteiger partial charge in [-0.05, 0) is 19.5 Å². The Morgan fingerprint density at radius 3 is 2.80 bits per heavy atom. The zero-order chi connectivity index (χ0) is 14.4. The monoisotopic (exact) mass is 294 g/mol. The molecule has 0 aliphatic carbocycles. The van der Waals surface area contributed by atoms with Crippen LogP contribution in [0, 0.1) is 5.82 Å². The van der Waals surface area contributed by atoms with E-state index in [1.165, 1.54) is 6.07 Å². The Kier molecular flexibility index (Phi) is 5.43. The lowest BCUT2D eigenvalue weighted by Crippen LogP contribution is -2.17. The van der Waals surface area contributed by atoms with Crippen LogP contribution in [0.3, 0.4) is 0 Å². The molecule has 1 N–H and O–H groups in total. The summed E-state index contributed by atoms with van der Waals surface area (Å²) in [6, 6.07) is 6.85. The molecular weight excluding hydrogens is 275 g/mol. The number of nitrogens with zero attached hydrogens (tertiary/aromatic N) is 3. The molecule has 1 heterocycles. The van der Waals surface area contributed by atoms with Gasteiger partial charge in [0.1, 0.15) is 10.8 Å². The smallest absolute Gasteiger partial charge is 0.205 e. The van der Waals surface area contributed by atoms with Crippen molar-refractivity contribution < 1.29 is 4.39 Å². The average Bonchev–Trinajstić information content (AvgIpc) is 2.86. The van der Waals surface area contributed by atoms with Crippen molar-refractivity contribution in [2.75, 3.05) is 18.9 Å². The molecule has 2 rings (SSSR count). The second-order valence-corrected chi connectivity index (χ2v) is 5.75. The van der Waals surface area contributed by atoms with Crippen molar-refractivity contribution in [1.29, 1.82) is 0 Å². The second-order valence-electron chi connectivity index (χ2n) is 4.69. The fourth-order valence-corrected chi connectivity index (χ4v) is 2.67.